The van der Waals surface area contributed by atoms with Gasteiger partial charge in [-0.05, 0) is 59.3 Å². The molecule has 0 aromatic rings. The first kappa shape index (κ1) is 47.8. The van der Waals surface area contributed by atoms with Crippen molar-refractivity contribution < 1.29 is 81.9 Å². The average Bonchev–Trinajstić information content (AvgIpc) is 3.05. The summed E-state index contributed by atoms with van der Waals surface area (Å²) in [6.45, 7) is 1.08. The summed E-state index contributed by atoms with van der Waals surface area (Å²) in [5.41, 5.74) is -0.433. The maximum atomic E-state index is 13.5. The third-order valence-corrected chi connectivity index (χ3v) is 7.30. The Morgan fingerprint density at radius 1 is 0.667 bits per heavy atom. The van der Waals surface area contributed by atoms with Gasteiger partial charge in [-0.15, -0.1) is 0 Å². The second-order valence-electron chi connectivity index (χ2n) is 11.6. The van der Waals surface area contributed by atoms with Crippen molar-refractivity contribution >= 4 is 41.2 Å². The number of nitrogens with one attached hydrogen (secondary N) is 5. The zero-order valence-electron chi connectivity index (χ0n) is 28.7. The molecule has 3 unspecified atom stereocenters. The summed E-state index contributed by atoms with van der Waals surface area (Å²) < 4.78 is 0. The first-order chi connectivity index (χ1) is 23.5. The molecule has 0 saturated carbocycles. The summed E-state index contributed by atoms with van der Waals surface area (Å²) in [5, 5.41) is 81.0. The molecule has 1 aliphatic rings. The van der Waals surface area contributed by atoms with Gasteiger partial charge in [0.25, 0.3) is 11.8 Å². The monoisotopic (exact) mass is 777 g/mol. The molecule has 0 aromatic heterocycles. The van der Waals surface area contributed by atoms with Crippen LogP contribution in [0.15, 0.2) is 4.99 Å². The van der Waals surface area contributed by atoms with Crippen molar-refractivity contribution in [2.24, 2.45) is 4.99 Å². The van der Waals surface area contributed by atoms with Gasteiger partial charge in [-0.2, -0.15) is 15.2 Å². The molecule has 12 N–H and O–H groups in total. The third kappa shape index (κ3) is 18.7. The van der Waals surface area contributed by atoms with Gasteiger partial charge in [0.1, 0.15) is 42.5 Å². The van der Waals surface area contributed by atoms with Crippen LogP contribution in [0.3, 0.4) is 0 Å². The number of aliphatic hydroxyl groups is 4. The summed E-state index contributed by atoms with van der Waals surface area (Å²) >= 11 is 0. The fourth-order valence-corrected chi connectivity index (χ4v) is 4.35. The van der Waals surface area contributed by atoms with Crippen LogP contribution >= 0.6 is 0 Å². The Bertz CT molecular complexity index is 1180. The fourth-order valence-electron chi connectivity index (χ4n) is 4.35. The maximum absolute atomic E-state index is 13.5. The van der Waals surface area contributed by atoms with E-state index in [0.717, 1.165) is 0 Å². The van der Waals surface area contributed by atoms with Crippen molar-refractivity contribution in [3.63, 3.8) is 0 Å². The van der Waals surface area contributed by atoms with Crippen molar-refractivity contribution in [1.82, 2.24) is 41.8 Å². The van der Waals surface area contributed by atoms with E-state index in [2.05, 4.69) is 31.6 Å². The van der Waals surface area contributed by atoms with Crippen molar-refractivity contribution in [2.75, 3.05) is 39.3 Å². The number of aliphatic hydroxyl groups excluding tert-OH is 4. The second kappa shape index (κ2) is 24.9. The number of carbonyl (C=O) groups is 6. The van der Waals surface area contributed by atoms with E-state index >= 15 is 0 Å². The average molecular weight is 778 g/mol. The van der Waals surface area contributed by atoms with E-state index in [1.165, 1.54) is 20.8 Å². The smallest absolute Gasteiger partial charge is 0.268 e. The first-order valence-electron chi connectivity index (χ1n) is 16.0. The summed E-state index contributed by atoms with van der Waals surface area (Å²) in [6, 6.07) is -4.37. The van der Waals surface area contributed by atoms with Crippen LogP contribution in [0.2, 0.25) is 0 Å². The van der Waals surface area contributed by atoms with Crippen LogP contribution in [0.4, 0.5) is 0 Å². The molecule has 0 aliphatic carbocycles. The molecular formula is C28H51FeN9O13. The zero-order valence-corrected chi connectivity index (χ0v) is 29.8. The van der Waals surface area contributed by atoms with E-state index in [1.54, 1.807) is 0 Å². The standard InChI is InChI=1S/C28H51N9O13.Fe/c1-16(39)35(48)10-4-7-19-25(44)29-14-24(43)32-22(15-38)26(45)30-13-23(42)31-20(8-5-11-36(49)17(2)40)27(46)34-21(28(47)33-19)9-6-12-37(50)18(3)41;/h16-18,20-22,38-41,48-50H,4-15H2,1-3H3,(H,29,44)(H,30,45)(H,31,42)(H,32,43)(H,34,46);/t16?,17?,18?,20-,21-,22+;/m0./s1. The molecule has 6 atom stereocenters. The van der Waals surface area contributed by atoms with Crippen LogP contribution in [-0.4, -0.2) is 169 Å². The molecule has 1 heterocycles. The van der Waals surface area contributed by atoms with E-state index in [4.69, 9.17) is 0 Å². The molecule has 6 amide bonds. The van der Waals surface area contributed by atoms with Crippen molar-refractivity contribution in [1.29, 1.82) is 0 Å². The van der Waals surface area contributed by atoms with Gasteiger partial charge in [-0.3, -0.25) is 28.8 Å². The number of hydroxylamine groups is 6. The minimum Gasteiger partial charge on any atom is -0.394 e. The molecule has 0 radical (unpaired) electrons. The Morgan fingerprint density at radius 2 is 1.12 bits per heavy atom. The Morgan fingerprint density at radius 3 is 1.61 bits per heavy atom. The Labute approximate surface area is 304 Å². The predicted molar refractivity (Wildman–Crippen MR) is 170 cm³/mol. The molecule has 22 nitrogen and oxygen atoms in total. The van der Waals surface area contributed by atoms with Crippen molar-refractivity contribution in [2.45, 2.75) is 96.1 Å². The van der Waals surface area contributed by atoms with Crippen LogP contribution in [0, 0.1) is 0 Å². The molecule has 23 heteroatoms. The summed E-state index contributed by atoms with van der Waals surface area (Å²) in [5.74, 6) is -5.72. The van der Waals surface area contributed by atoms with Gasteiger partial charge in [-0.1, -0.05) is 0 Å². The summed E-state index contributed by atoms with van der Waals surface area (Å²) in [7, 11) is 0. The van der Waals surface area contributed by atoms with Gasteiger partial charge < -0.3 is 62.6 Å². The van der Waals surface area contributed by atoms with Gasteiger partial charge in [0.15, 0.2) is 0 Å². The fraction of sp³-hybridized carbons (Fsp3) is 0.750. The molecule has 0 fully saturated rings. The van der Waals surface area contributed by atoms with Crippen LogP contribution in [0.25, 0.3) is 0 Å². The Balaban J connectivity index is 0.0000250. The van der Waals surface area contributed by atoms with Gasteiger partial charge in [0.2, 0.25) is 23.6 Å². The molecule has 294 valence electrons. The molecule has 0 bridgehead atoms. The van der Waals surface area contributed by atoms with Gasteiger partial charge in [-0.25, -0.2) is 4.99 Å². The summed E-state index contributed by atoms with van der Waals surface area (Å²) in [4.78, 5) is 81.9. The quantitative estimate of drug-likeness (QED) is 0.0397. The zero-order chi connectivity index (χ0) is 38.0. The number of carbonyl (C=O) groups excluding carboxylic acids is 6. The Hall–Kier alpha value is -3.19. The van der Waals surface area contributed by atoms with Crippen molar-refractivity contribution in [3.8, 4) is 0 Å². The van der Waals surface area contributed by atoms with Crippen LogP contribution in [-0.2, 0) is 45.8 Å². The second-order valence-corrected chi connectivity index (χ2v) is 11.6. The molecule has 51 heavy (non-hydrogen) atoms. The van der Waals surface area contributed by atoms with Gasteiger partial charge in [0, 0.05) is 36.7 Å². The molecule has 1 rings (SSSR count). The summed E-state index contributed by atoms with van der Waals surface area (Å²) in [6.07, 6.45) is -4.34. The minimum absolute atomic E-state index is 0. The van der Waals surface area contributed by atoms with Crippen LogP contribution in [0.5, 0.6) is 0 Å². The van der Waals surface area contributed by atoms with Crippen LogP contribution < -0.4 is 26.6 Å². The van der Waals surface area contributed by atoms with Gasteiger partial charge in [0.05, 0.1) is 19.7 Å². The predicted octanol–water partition coefficient (Wildman–Crippen LogP) is -4.93. The SMILES string of the molecule is CC(O)N(O)CCCC1=NC(=O)[C@H](CCCN(O)C(C)O)NC(=O)[C@H](CCCN(O)C(C)O)NC(=O)CNC(=O)[C@@H](CO)NC(=O)CNC1=O.[Fe]. The van der Waals surface area contributed by atoms with E-state index in [1.807, 2.05) is 0 Å². The van der Waals surface area contributed by atoms with Crippen LogP contribution in [0.1, 0.15) is 59.3 Å². The molecule has 1 aliphatic heterocycles. The first-order valence-corrected chi connectivity index (χ1v) is 16.0. The van der Waals surface area contributed by atoms with E-state index in [9.17, 15) is 64.8 Å². The number of amides is 6. The largest absolute Gasteiger partial charge is 0.394 e. The number of hydrogen-bond acceptors (Lipinski definition) is 16. The normalized spacial score (nSPS) is 22.1. The number of rotatable bonds is 16. The Kier molecular flexibility index (Phi) is 23.3. The van der Waals surface area contributed by atoms with E-state index in [-0.39, 0.29) is 75.2 Å². The molecule has 0 spiro atoms. The molecular weight excluding hydrogens is 726 g/mol. The maximum Gasteiger partial charge on any atom is 0.268 e. The minimum atomic E-state index is -1.53. The van der Waals surface area contributed by atoms with E-state index < -0.39 is 97.7 Å². The number of hydrogen-bond donors (Lipinski definition) is 12. The van der Waals surface area contributed by atoms with Gasteiger partial charge >= 0.3 is 0 Å². The topological polar surface area (TPSA) is 326 Å². The molecule has 0 saturated heterocycles. The van der Waals surface area contributed by atoms with E-state index in [0.29, 0.717) is 15.2 Å². The third-order valence-electron chi connectivity index (χ3n) is 7.30. The number of aliphatic imine (C=N–C) groups is 1. The molecule has 0 aromatic carbocycles. The van der Waals surface area contributed by atoms with Crippen molar-refractivity contribution in [3.05, 3.63) is 0 Å². The number of nitrogens with zero attached hydrogens (tertiary/aromatic N) is 4.